The van der Waals surface area contributed by atoms with Crippen LogP contribution in [0.4, 0.5) is 0 Å². The average molecular weight is 281 g/mol. The predicted octanol–water partition coefficient (Wildman–Crippen LogP) is 3.27. The van der Waals surface area contributed by atoms with Gasteiger partial charge >= 0.3 is 0 Å². The van der Waals surface area contributed by atoms with Crippen molar-refractivity contribution in [1.29, 1.82) is 0 Å². The summed E-state index contributed by atoms with van der Waals surface area (Å²) in [6, 6.07) is 2.78. The lowest BCUT2D eigenvalue weighted by Gasteiger charge is -2.35. The second-order valence-corrected chi connectivity index (χ2v) is 7.35. The Labute approximate surface area is 121 Å². The van der Waals surface area contributed by atoms with Crippen LogP contribution in [-0.4, -0.2) is 44.8 Å². The molecule has 2 heterocycles. The van der Waals surface area contributed by atoms with Crippen molar-refractivity contribution in [1.82, 2.24) is 14.7 Å². The molecule has 0 unspecified atom stereocenters. The first-order chi connectivity index (χ1) is 9.25. The molecule has 1 aliphatic heterocycles. The molecule has 0 spiro atoms. The zero-order chi connectivity index (χ0) is 13.5. The largest absolute Gasteiger partial charge is 0.300 e. The van der Waals surface area contributed by atoms with Gasteiger partial charge in [-0.2, -0.15) is 16.9 Å². The third-order valence-corrected chi connectivity index (χ3v) is 4.91. The Morgan fingerprint density at radius 3 is 2.95 bits per heavy atom. The van der Waals surface area contributed by atoms with Gasteiger partial charge in [0.15, 0.2) is 0 Å². The van der Waals surface area contributed by atoms with Gasteiger partial charge in [-0.05, 0) is 37.1 Å². The van der Waals surface area contributed by atoms with Crippen LogP contribution in [-0.2, 0) is 6.54 Å². The summed E-state index contributed by atoms with van der Waals surface area (Å²) in [7, 11) is 0. The molecule has 0 N–H and O–H groups in total. The Bertz CT molecular complexity index is 337. The molecule has 1 aliphatic rings. The van der Waals surface area contributed by atoms with Gasteiger partial charge in [0.2, 0.25) is 0 Å². The van der Waals surface area contributed by atoms with Gasteiger partial charge in [-0.1, -0.05) is 20.3 Å². The lowest BCUT2D eigenvalue weighted by molar-refractivity contribution is 0.144. The van der Waals surface area contributed by atoms with Gasteiger partial charge in [0.1, 0.15) is 0 Å². The number of hydrogen-bond acceptors (Lipinski definition) is 3. The third-order valence-electron chi connectivity index (χ3n) is 3.83. The van der Waals surface area contributed by atoms with Crippen LogP contribution in [0.15, 0.2) is 18.5 Å². The first-order valence-electron chi connectivity index (χ1n) is 7.59. The maximum absolute atomic E-state index is 4.31. The van der Waals surface area contributed by atoms with Crippen LogP contribution in [0.5, 0.6) is 0 Å². The zero-order valence-corrected chi connectivity index (χ0v) is 13.1. The quantitative estimate of drug-likeness (QED) is 0.765. The number of aromatic nitrogens is 2. The van der Waals surface area contributed by atoms with Crippen molar-refractivity contribution in [2.75, 3.05) is 18.8 Å². The summed E-state index contributed by atoms with van der Waals surface area (Å²) in [6.07, 6.45) is 9.34. The second-order valence-electron chi connectivity index (χ2n) is 5.66. The number of rotatable bonds is 7. The van der Waals surface area contributed by atoms with Gasteiger partial charge in [-0.25, -0.2) is 0 Å². The molecule has 3 nitrogen and oxygen atoms in total. The number of aryl methyl sites for hydroxylation is 1. The van der Waals surface area contributed by atoms with Crippen molar-refractivity contribution in [3.05, 3.63) is 18.5 Å². The van der Waals surface area contributed by atoms with Gasteiger partial charge < -0.3 is 0 Å². The van der Waals surface area contributed by atoms with Crippen LogP contribution in [0, 0.1) is 0 Å². The fraction of sp³-hybridized carbons (Fsp3) is 0.800. The molecule has 0 radical (unpaired) electrons. The summed E-state index contributed by atoms with van der Waals surface area (Å²) in [6.45, 7) is 8.19. The highest BCUT2D eigenvalue weighted by Gasteiger charge is 2.21. The number of hydrogen-bond donors (Lipinski definition) is 0. The van der Waals surface area contributed by atoms with E-state index in [1.54, 1.807) is 0 Å². The fourth-order valence-corrected chi connectivity index (χ4v) is 3.61. The average Bonchev–Trinajstić information content (AvgIpc) is 2.90. The van der Waals surface area contributed by atoms with Gasteiger partial charge in [0, 0.05) is 37.3 Å². The highest BCUT2D eigenvalue weighted by atomic mass is 32.2. The van der Waals surface area contributed by atoms with E-state index in [4.69, 9.17) is 0 Å². The minimum absolute atomic E-state index is 0.757. The molecule has 2 rings (SSSR count). The van der Waals surface area contributed by atoms with E-state index >= 15 is 0 Å². The third kappa shape index (κ3) is 5.19. The van der Waals surface area contributed by atoms with Crippen LogP contribution in [0.25, 0.3) is 0 Å². The molecule has 1 fully saturated rings. The Hall–Kier alpha value is -0.480. The molecule has 0 saturated carbocycles. The van der Waals surface area contributed by atoms with E-state index in [2.05, 4.69) is 46.5 Å². The molecule has 1 aromatic rings. The number of likely N-dealkylation sites (tertiary alicyclic amines) is 1. The summed E-state index contributed by atoms with van der Waals surface area (Å²) in [5.74, 6) is 1.27. The van der Waals surface area contributed by atoms with Crippen LogP contribution in [0.1, 0.15) is 39.5 Å². The molecular formula is C15H27N3S. The molecule has 108 valence electrons. The lowest BCUT2D eigenvalue weighted by Crippen LogP contribution is -2.41. The van der Waals surface area contributed by atoms with Crippen molar-refractivity contribution in [2.45, 2.75) is 57.4 Å². The monoisotopic (exact) mass is 281 g/mol. The summed E-state index contributed by atoms with van der Waals surface area (Å²) < 4.78 is 2.07. The topological polar surface area (TPSA) is 21.1 Å². The number of nitrogens with zero attached hydrogens (tertiary/aromatic N) is 3. The van der Waals surface area contributed by atoms with Crippen molar-refractivity contribution in [3.8, 4) is 0 Å². The Kier molecular flexibility index (Phi) is 6.24. The molecule has 1 atom stereocenters. The zero-order valence-electron chi connectivity index (χ0n) is 12.3. The number of thioether (sulfide) groups is 1. The molecule has 19 heavy (non-hydrogen) atoms. The summed E-state index contributed by atoms with van der Waals surface area (Å²) in [5, 5.41) is 5.06. The highest BCUT2D eigenvalue weighted by Crippen LogP contribution is 2.21. The van der Waals surface area contributed by atoms with Crippen LogP contribution in [0.3, 0.4) is 0 Å². The van der Waals surface area contributed by atoms with Gasteiger partial charge in [0.05, 0.1) is 0 Å². The second kappa shape index (κ2) is 7.95. The highest BCUT2D eigenvalue weighted by molar-refractivity contribution is 7.99. The summed E-state index contributed by atoms with van der Waals surface area (Å²) in [5.41, 5.74) is 0. The minimum atomic E-state index is 0.757. The van der Waals surface area contributed by atoms with Crippen molar-refractivity contribution in [3.63, 3.8) is 0 Å². The molecule has 4 heteroatoms. The van der Waals surface area contributed by atoms with E-state index in [9.17, 15) is 0 Å². The van der Waals surface area contributed by atoms with E-state index in [-0.39, 0.29) is 0 Å². The smallest absolute Gasteiger partial charge is 0.0489 e. The molecule has 1 saturated heterocycles. The van der Waals surface area contributed by atoms with Crippen LogP contribution < -0.4 is 0 Å². The van der Waals surface area contributed by atoms with Crippen molar-refractivity contribution >= 4 is 11.8 Å². The Morgan fingerprint density at radius 1 is 1.32 bits per heavy atom. The first kappa shape index (κ1) is 14.9. The maximum Gasteiger partial charge on any atom is 0.0489 e. The molecule has 0 amide bonds. The molecule has 0 aromatic carbocycles. The van der Waals surface area contributed by atoms with Gasteiger partial charge in [0.25, 0.3) is 0 Å². The normalized spacial score (nSPS) is 21.1. The number of piperidine rings is 1. The van der Waals surface area contributed by atoms with Gasteiger partial charge in [-0.15, -0.1) is 0 Å². The Morgan fingerprint density at radius 2 is 2.21 bits per heavy atom. The van der Waals surface area contributed by atoms with Crippen LogP contribution >= 0.6 is 11.8 Å². The summed E-state index contributed by atoms with van der Waals surface area (Å²) >= 11 is 2.08. The SMILES string of the molecule is CC(C)SCCN1CCCC[C@@H]1CCn1cccn1. The molecule has 1 aromatic heterocycles. The molecule has 0 bridgehead atoms. The fourth-order valence-electron chi connectivity index (χ4n) is 2.80. The lowest BCUT2D eigenvalue weighted by atomic mass is 9.99. The van der Waals surface area contributed by atoms with E-state index in [1.165, 1.54) is 44.5 Å². The van der Waals surface area contributed by atoms with E-state index in [1.807, 2.05) is 12.3 Å². The predicted molar refractivity (Wildman–Crippen MR) is 83.7 cm³/mol. The van der Waals surface area contributed by atoms with Crippen molar-refractivity contribution in [2.24, 2.45) is 0 Å². The molecule has 0 aliphatic carbocycles. The maximum atomic E-state index is 4.31. The minimum Gasteiger partial charge on any atom is -0.300 e. The van der Waals surface area contributed by atoms with Crippen molar-refractivity contribution < 1.29 is 0 Å². The standard InChI is InChI=1S/C15H27N3S/c1-14(2)19-13-12-17-9-4-3-6-15(17)7-11-18-10-5-8-16-18/h5,8,10,14-15H,3-4,6-7,9,11-13H2,1-2H3/t15-/m1/s1. The van der Waals surface area contributed by atoms with E-state index < -0.39 is 0 Å². The van der Waals surface area contributed by atoms with E-state index in [0.717, 1.165) is 17.8 Å². The van der Waals surface area contributed by atoms with E-state index in [0.29, 0.717) is 0 Å². The van der Waals surface area contributed by atoms with Gasteiger partial charge in [-0.3, -0.25) is 9.58 Å². The Balaban J connectivity index is 1.75. The first-order valence-corrected chi connectivity index (χ1v) is 8.63. The van der Waals surface area contributed by atoms with Crippen LogP contribution in [0.2, 0.25) is 0 Å². The summed E-state index contributed by atoms with van der Waals surface area (Å²) in [4.78, 5) is 2.71. The molecular weight excluding hydrogens is 254 g/mol.